The summed E-state index contributed by atoms with van der Waals surface area (Å²) >= 11 is 0. The molecule has 0 aliphatic carbocycles. The first kappa shape index (κ1) is 20.4. The van der Waals surface area contributed by atoms with Crippen molar-refractivity contribution in [1.29, 1.82) is 0 Å². The van der Waals surface area contributed by atoms with Crippen LogP contribution >= 0.6 is 0 Å². The highest BCUT2D eigenvalue weighted by molar-refractivity contribution is 7.89. The molecule has 1 aliphatic heterocycles. The molecular weight excluding hydrogens is 416 g/mol. The molecule has 1 aliphatic rings. The summed E-state index contributed by atoms with van der Waals surface area (Å²) in [5.41, 5.74) is 0. The lowest BCUT2D eigenvalue weighted by atomic mass is 10.1. The van der Waals surface area contributed by atoms with Crippen LogP contribution in [0.1, 0.15) is 24.1 Å². The van der Waals surface area contributed by atoms with E-state index in [2.05, 4.69) is 10.1 Å². The number of rotatable bonds is 7. The van der Waals surface area contributed by atoms with Gasteiger partial charge in [0.15, 0.2) is 5.82 Å². The summed E-state index contributed by atoms with van der Waals surface area (Å²) < 4.78 is 63.9. The molecule has 0 bridgehead atoms. The molecular formula is C20H19F2N3O4S. The van der Waals surface area contributed by atoms with Crippen LogP contribution in [0, 0.1) is 11.6 Å². The summed E-state index contributed by atoms with van der Waals surface area (Å²) in [7, 11) is -3.79. The Hall–Kier alpha value is -2.85. The molecule has 3 aromatic rings. The maximum Gasteiger partial charge on any atom is 0.243 e. The highest BCUT2D eigenvalue weighted by Crippen LogP contribution is 2.30. The van der Waals surface area contributed by atoms with Crippen LogP contribution in [0.2, 0.25) is 0 Å². The Morgan fingerprint density at radius 2 is 1.93 bits per heavy atom. The van der Waals surface area contributed by atoms with Crippen molar-refractivity contribution in [2.24, 2.45) is 0 Å². The van der Waals surface area contributed by atoms with E-state index in [1.54, 1.807) is 0 Å². The van der Waals surface area contributed by atoms with Gasteiger partial charge in [0.1, 0.15) is 17.4 Å². The van der Waals surface area contributed by atoms with E-state index in [1.807, 2.05) is 0 Å². The van der Waals surface area contributed by atoms with Crippen molar-refractivity contribution >= 4 is 10.0 Å². The van der Waals surface area contributed by atoms with Gasteiger partial charge in [-0.2, -0.15) is 9.29 Å². The fourth-order valence-electron chi connectivity index (χ4n) is 3.25. The van der Waals surface area contributed by atoms with Crippen molar-refractivity contribution in [3.63, 3.8) is 0 Å². The molecule has 0 N–H and O–H groups in total. The summed E-state index contributed by atoms with van der Waals surface area (Å²) in [6.45, 7) is 0.761. The second-order valence-corrected chi connectivity index (χ2v) is 8.85. The Kier molecular flexibility index (Phi) is 5.78. The Balaban J connectivity index is 1.34. The van der Waals surface area contributed by atoms with Crippen LogP contribution < -0.4 is 4.74 Å². The van der Waals surface area contributed by atoms with Gasteiger partial charge < -0.3 is 9.26 Å². The third kappa shape index (κ3) is 4.49. The van der Waals surface area contributed by atoms with Crippen molar-refractivity contribution in [3.05, 3.63) is 71.9 Å². The third-order valence-corrected chi connectivity index (χ3v) is 6.69. The van der Waals surface area contributed by atoms with Crippen molar-refractivity contribution < 1.29 is 26.5 Å². The molecule has 10 heteroatoms. The van der Waals surface area contributed by atoms with Gasteiger partial charge in [-0.25, -0.2) is 17.2 Å². The van der Waals surface area contributed by atoms with E-state index in [4.69, 9.17) is 9.26 Å². The molecule has 30 heavy (non-hydrogen) atoms. The molecule has 1 unspecified atom stereocenters. The minimum atomic E-state index is -3.79. The number of hydrogen-bond donors (Lipinski definition) is 0. The molecule has 1 saturated heterocycles. The van der Waals surface area contributed by atoms with Crippen molar-refractivity contribution in [3.8, 4) is 5.75 Å². The quantitative estimate of drug-likeness (QED) is 0.567. The minimum Gasteiger partial charge on any atom is -0.493 e. The normalized spacial score (nSPS) is 17.3. The second-order valence-electron chi connectivity index (χ2n) is 6.91. The van der Waals surface area contributed by atoms with E-state index < -0.39 is 15.8 Å². The van der Waals surface area contributed by atoms with Crippen molar-refractivity contribution in [2.75, 3.05) is 19.7 Å². The molecule has 2 heterocycles. The van der Waals surface area contributed by atoms with Gasteiger partial charge in [-0.05, 0) is 48.9 Å². The molecule has 2 aromatic carbocycles. The number of nitrogens with zero attached hydrogens (tertiary/aromatic N) is 3. The summed E-state index contributed by atoms with van der Waals surface area (Å²) in [4.78, 5) is 4.27. The van der Waals surface area contributed by atoms with E-state index in [0.29, 0.717) is 30.3 Å². The number of halogens is 2. The van der Waals surface area contributed by atoms with Gasteiger partial charge in [0.2, 0.25) is 15.9 Å². The third-order valence-electron chi connectivity index (χ3n) is 4.83. The zero-order valence-corrected chi connectivity index (χ0v) is 16.7. The highest BCUT2D eigenvalue weighted by atomic mass is 32.2. The summed E-state index contributed by atoms with van der Waals surface area (Å²) in [5.74, 6) is 0.176. The van der Waals surface area contributed by atoms with E-state index in [0.717, 1.165) is 6.07 Å². The minimum absolute atomic E-state index is 0.0766. The van der Waals surface area contributed by atoms with E-state index >= 15 is 0 Å². The van der Waals surface area contributed by atoms with Crippen LogP contribution in [0.5, 0.6) is 5.75 Å². The number of ether oxygens (including phenoxy) is 1. The predicted octanol–water partition coefficient (Wildman–Crippen LogP) is 3.15. The summed E-state index contributed by atoms with van der Waals surface area (Å²) in [6, 6.07) is 10.6. The molecule has 1 aromatic heterocycles. The first-order valence-corrected chi connectivity index (χ1v) is 10.8. The molecule has 7 nitrogen and oxygen atoms in total. The molecule has 0 amide bonds. The van der Waals surface area contributed by atoms with E-state index in [-0.39, 0.29) is 36.3 Å². The lowest BCUT2D eigenvalue weighted by molar-refractivity contribution is 0.312. The van der Waals surface area contributed by atoms with Gasteiger partial charge in [0.25, 0.3) is 0 Å². The van der Waals surface area contributed by atoms with Crippen LogP contribution in [0.25, 0.3) is 0 Å². The SMILES string of the molecule is O=S(=O)(c1cccc(F)c1)N1CCC(c2nc(CCOc3ccc(F)cc3)no2)C1. The number of hydrogen-bond acceptors (Lipinski definition) is 6. The molecule has 158 valence electrons. The monoisotopic (exact) mass is 435 g/mol. The second kappa shape index (κ2) is 8.49. The van der Waals surface area contributed by atoms with Crippen LogP contribution in [0.15, 0.2) is 57.9 Å². The first-order valence-electron chi connectivity index (χ1n) is 9.38. The molecule has 1 fully saturated rings. The van der Waals surface area contributed by atoms with Gasteiger partial charge in [-0.3, -0.25) is 0 Å². The number of aromatic nitrogens is 2. The van der Waals surface area contributed by atoms with Gasteiger partial charge in [0, 0.05) is 19.5 Å². The maximum atomic E-state index is 13.4. The fourth-order valence-corrected chi connectivity index (χ4v) is 4.78. The summed E-state index contributed by atoms with van der Waals surface area (Å²) in [6.07, 6.45) is 0.918. The van der Waals surface area contributed by atoms with Crippen LogP contribution in [0.3, 0.4) is 0 Å². The van der Waals surface area contributed by atoms with Gasteiger partial charge in [-0.1, -0.05) is 11.2 Å². The van der Waals surface area contributed by atoms with Crippen molar-refractivity contribution in [1.82, 2.24) is 14.4 Å². The molecule has 4 rings (SSSR count). The Morgan fingerprint density at radius 1 is 1.13 bits per heavy atom. The van der Waals surface area contributed by atoms with E-state index in [1.165, 1.54) is 46.8 Å². The van der Waals surface area contributed by atoms with Crippen LogP contribution in [-0.2, 0) is 16.4 Å². The predicted molar refractivity (Wildman–Crippen MR) is 102 cm³/mol. The highest BCUT2D eigenvalue weighted by Gasteiger charge is 2.36. The fraction of sp³-hybridized carbons (Fsp3) is 0.300. The lowest BCUT2D eigenvalue weighted by Crippen LogP contribution is -2.28. The lowest BCUT2D eigenvalue weighted by Gasteiger charge is -2.15. The van der Waals surface area contributed by atoms with Crippen LogP contribution in [0.4, 0.5) is 8.78 Å². The Morgan fingerprint density at radius 3 is 2.70 bits per heavy atom. The average molecular weight is 435 g/mol. The molecule has 0 radical (unpaired) electrons. The largest absolute Gasteiger partial charge is 0.493 e. The van der Waals surface area contributed by atoms with Crippen LogP contribution in [-0.4, -0.2) is 42.6 Å². The Bertz CT molecular complexity index is 1120. The first-order chi connectivity index (χ1) is 14.4. The van der Waals surface area contributed by atoms with Gasteiger partial charge in [-0.15, -0.1) is 0 Å². The van der Waals surface area contributed by atoms with E-state index in [9.17, 15) is 17.2 Å². The number of sulfonamides is 1. The molecule has 0 saturated carbocycles. The Labute approximate surface area is 172 Å². The van der Waals surface area contributed by atoms with Gasteiger partial charge in [0.05, 0.1) is 17.4 Å². The summed E-state index contributed by atoms with van der Waals surface area (Å²) in [5, 5.41) is 3.92. The van der Waals surface area contributed by atoms with Gasteiger partial charge >= 0.3 is 0 Å². The zero-order valence-electron chi connectivity index (χ0n) is 15.9. The standard InChI is InChI=1S/C20H19F2N3O4S/c21-15-4-6-17(7-5-15)28-11-9-19-23-20(29-24-19)14-8-10-25(13-14)30(26,27)18-3-1-2-16(22)12-18/h1-7,12,14H,8-11,13H2. The number of benzene rings is 2. The smallest absolute Gasteiger partial charge is 0.243 e. The zero-order chi connectivity index (χ0) is 21.1. The molecule has 0 spiro atoms. The maximum absolute atomic E-state index is 13.4. The topological polar surface area (TPSA) is 85.5 Å². The molecule has 1 atom stereocenters. The van der Waals surface area contributed by atoms with Crippen molar-refractivity contribution in [2.45, 2.75) is 23.7 Å². The average Bonchev–Trinajstić information content (AvgIpc) is 3.39.